The summed E-state index contributed by atoms with van der Waals surface area (Å²) in [6, 6.07) is 13.3. The lowest BCUT2D eigenvalue weighted by atomic mass is 10.1. The first kappa shape index (κ1) is 17.5. The van der Waals surface area contributed by atoms with Gasteiger partial charge in [-0.3, -0.25) is 9.59 Å². The Bertz CT molecular complexity index is 741. The molecule has 0 aliphatic heterocycles. The molecule has 0 atom stereocenters. The highest BCUT2D eigenvalue weighted by atomic mass is 16.2. The Morgan fingerprint density at radius 3 is 2.38 bits per heavy atom. The number of aryl methyl sites for hydroxylation is 2. The van der Waals surface area contributed by atoms with E-state index in [4.69, 9.17) is 0 Å². The third-order valence-electron chi connectivity index (χ3n) is 3.53. The summed E-state index contributed by atoms with van der Waals surface area (Å²) in [5.41, 5.74) is 4.72. The molecular weight excluding hydrogens is 302 g/mol. The fourth-order valence-corrected chi connectivity index (χ4v) is 2.34. The molecule has 0 radical (unpaired) electrons. The van der Waals surface area contributed by atoms with Crippen LogP contribution in [0.5, 0.6) is 0 Å². The predicted molar refractivity (Wildman–Crippen MR) is 98.4 cm³/mol. The SMILES string of the molecule is CC(=O)Nc1cccc(NC(=O)CCNc2cc(C)ccc2C)c1. The number of rotatable bonds is 6. The van der Waals surface area contributed by atoms with Gasteiger partial charge in [0.2, 0.25) is 11.8 Å². The van der Waals surface area contributed by atoms with Gasteiger partial charge in [0, 0.05) is 37.0 Å². The van der Waals surface area contributed by atoms with E-state index in [-0.39, 0.29) is 11.8 Å². The van der Waals surface area contributed by atoms with Crippen molar-refractivity contribution in [3.63, 3.8) is 0 Å². The van der Waals surface area contributed by atoms with E-state index in [0.29, 0.717) is 24.3 Å². The van der Waals surface area contributed by atoms with Gasteiger partial charge in [-0.15, -0.1) is 0 Å². The van der Waals surface area contributed by atoms with Gasteiger partial charge in [-0.05, 0) is 49.2 Å². The van der Waals surface area contributed by atoms with Gasteiger partial charge >= 0.3 is 0 Å². The molecule has 2 rings (SSSR count). The first-order valence-electron chi connectivity index (χ1n) is 7.92. The standard InChI is InChI=1S/C19H23N3O2/c1-13-7-8-14(2)18(11-13)20-10-9-19(24)22-17-6-4-5-16(12-17)21-15(3)23/h4-8,11-12,20H,9-10H2,1-3H3,(H,21,23)(H,22,24). The molecule has 0 unspecified atom stereocenters. The molecule has 0 aliphatic rings. The normalized spacial score (nSPS) is 10.1. The number of hydrogen-bond donors (Lipinski definition) is 3. The zero-order valence-corrected chi connectivity index (χ0v) is 14.3. The number of carbonyl (C=O) groups excluding carboxylic acids is 2. The highest BCUT2D eigenvalue weighted by Crippen LogP contribution is 2.17. The lowest BCUT2D eigenvalue weighted by Crippen LogP contribution is -2.16. The molecule has 0 bridgehead atoms. The maximum Gasteiger partial charge on any atom is 0.226 e. The summed E-state index contributed by atoms with van der Waals surface area (Å²) < 4.78 is 0. The van der Waals surface area contributed by atoms with Gasteiger partial charge in [-0.1, -0.05) is 18.2 Å². The van der Waals surface area contributed by atoms with Crippen molar-refractivity contribution in [3.05, 3.63) is 53.6 Å². The van der Waals surface area contributed by atoms with Gasteiger partial charge in [-0.2, -0.15) is 0 Å². The fraction of sp³-hybridized carbons (Fsp3) is 0.263. The molecular formula is C19H23N3O2. The molecule has 0 saturated carbocycles. The van der Waals surface area contributed by atoms with E-state index in [9.17, 15) is 9.59 Å². The fourth-order valence-electron chi connectivity index (χ4n) is 2.34. The number of carbonyl (C=O) groups is 2. The molecule has 0 spiro atoms. The van der Waals surface area contributed by atoms with Gasteiger partial charge in [0.05, 0.1) is 0 Å². The number of nitrogens with one attached hydrogen (secondary N) is 3. The monoisotopic (exact) mass is 325 g/mol. The van der Waals surface area contributed by atoms with Crippen molar-refractivity contribution in [3.8, 4) is 0 Å². The molecule has 0 aromatic heterocycles. The number of hydrogen-bond acceptors (Lipinski definition) is 3. The first-order chi connectivity index (χ1) is 11.4. The van der Waals surface area contributed by atoms with Crippen molar-refractivity contribution in [1.82, 2.24) is 0 Å². The van der Waals surface area contributed by atoms with Crippen LogP contribution in [-0.2, 0) is 9.59 Å². The molecule has 5 heteroatoms. The lowest BCUT2D eigenvalue weighted by molar-refractivity contribution is -0.116. The van der Waals surface area contributed by atoms with Gasteiger partial charge in [-0.25, -0.2) is 0 Å². The Hall–Kier alpha value is -2.82. The van der Waals surface area contributed by atoms with Crippen molar-refractivity contribution >= 4 is 28.9 Å². The van der Waals surface area contributed by atoms with E-state index in [0.717, 1.165) is 11.3 Å². The summed E-state index contributed by atoms with van der Waals surface area (Å²) in [5.74, 6) is -0.219. The molecule has 5 nitrogen and oxygen atoms in total. The van der Waals surface area contributed by atoms with Gasteiger partial charge in [0.25, 0.3) is 0 Å². The maximum absolute atomic E-state index is 12.0. The van der Waals surface area contributed by atoms with Crippen LogP contribution in [0.4, 0.5) is 17.1 Å². The molecule has 3 N–H and O–H groups in total. The lowest BCUT2D eigenvalue weighted by Gasteiger charge is -2.11. The maximum atomic E-state index is 12.0. The molecule has 24 heavy (non-hydrogen) atoms. The molecule has 2 amide bonds. The van der Waals surface area contributed by atoms with E-state index in [2.05, 4.69) is 34.1 Å². The zero-order chi connectivity index (χ0) is 17.5. The Morgan fingerprint density at radius 2 is 1.67 bits per heavy atom. The van der Waals surface area contributed by atoms with Crippen LogP contribution < -0.4 is 16.0 Å². The molecule has 0 aliphatic carbocycles. The Morgan fingerprint density at radius 1 is 0.958 bits per heavy atom. The minimum atomic E-state index is -0.142. The Labute approximate surface area is 142 Å². The van der Waals surface area contributed by atoms with Crippen molar-refractivity contribution in [2.45, 2.75) is 27.2 Å². The molecule has 126 valence electrons. The second-order valence-corrected chi connectivity index (χ2v) is 5.81. The van der Waals surface area contributed by atoms with E-state index >= 15 is 0 Å². The highest BCUT2D eigenvalue weighted by molar-refractivity contribution is 5.93. The average molecular weight is 325 g/mol. The Balaban J connectivity index is 1.85. The third-order valence-corrected chi connectivity index (χ3v) is 3.53. The van der Waals surface area contributed by atoms with E-state index in [1.54, 1.807) is 24.3 Å². The summed E-state index contributed by atoms with van der Waals surface area (Å²) in [7, 11) is 0. The number of anilines is 3. The quantitative estimate of drug-likeness (QED) is 0.758. The largest absolute Gasteiger partial charge is 0.384 e. The summed E-state index contributed by atoms with van der Waals surface area (Å²) in [4.78, 5) is 23.1. The number of benzene rings is 2. The van der Waals surface area contributed by atoms with Crippen LogP contribution in [-0.4, -0.2) is 18.4 Å². The molecule has 2 aromatic rings. The van der Waals surface area contributed by atoms with E-state index in [1.807, 2.05) is 13.8 Å². The molecule has 2 aromatic carbocycles. The Kier molecular flexibility index (Phi) is 5.95. The van der Waals surface area contributed by atoms with Crippen LogP contribution >= 0.6 is 0 Å². The summed E-state index contributed by atoms with van der Waals surface area (Å²) >= 11 is 0. The van der Waals surface area contributed by atoms with Crippen LogP contribution in [0, 0.1) is 13.8 Å². The van der Waals surface area contributed by atoms with Crippen molar-refractivity contribution in [1.29, 1.82) is 0 Å². The van der Waals surface area contributed by atoms with E-state index in [1.165, 1.54) is 12.5 Å². The smallest absolute Gasteiger partial charge is 0.226 e. The van der Waals surface area contributed by atoms with Crippen LogP contribution in [0.1, 0.15) is 24.5 Å². The second-order valence-electron chi connectivity index (χ2n) is 5.81. The third kappa shape index (κ3) is 5.43. The predicted octanol–water partition coefficient (Wildman–Crippen LogP) is 3.70. The zero-order valence-electron chi connectivity index (χ0n) is 14.3. The van der Waals surface area contributed by atoms with Crippen molar-refractivity contribution in [2.75, 3.05) is 22.5 Å². The van der Waals surface area contributed by atoms with Crippen LogP contribution in [0.2, 0.25) is 0 Å². The average Bonchev–Trinajstić information content (AvgIpc) is 2.50. The van der Waals surface area contributed by atoms with Gasteiger partial charge in [0.1, 0.15) is 0 Å². The highest BCUT2D eigenvalue weighted by Gasteiger charge is 2.05. The minimum Gasteiger partial charge on any atom is -0.384 e. The first-order valence-corrected chi connectivity index (χ1v) is 7.92. The van der Waals surface area contributed by atoms with Crippen molar-refractivity contribution in [2.24, 2.45) is 0 Å². The summed E-state index contributed by atoms with van der Waals surface area (Å²) in [6.07, 6.45) is 0.359. The van der Waals surface area contributed by atoms with E-state index < -0.39 is 0 Å². The second kappa shape index (κ2) is 8.15. The minimum absolute atomic E-state index is 0.0761. The molecule has 0 heterocycles. The van der Waals surface area contributed by atoms with Crippen LogP contribution in [0.15, 0.2) is 42.5 Å². The van der Waals surface area contributed by atoms with Gasteiger partial charge < -0.3 is 16.0 Å². The summed E-state index contributed by atoms with van der Waals surface area (Å²) in [5, 5.41) is 8.82. The van der Waals surface area contributed by atoms with Gasteiger partial charge in [0.15, 0.2) is 0 Å². The molecule has 0 fully saturated rings. The number of amides is 2. The summed E-state index contributed by atoms with van der Waals surface area (Å²) in [6.45, 7) is 6.08. The van der Waals surface area contributed by atoms with Crippen molar-refractivity contribution < 1.29 is 9.59 Å². The molecule has 0 saturated heterocycles. The van der Waals surface area contributed by atoms with Crippen LogP contribution in [0.25, 0.3) is 0 Å². The van der Waals surface area contributed by atoms with Crippen LogP contribution in [0.3, 0.4) is 0 Å². The topological polar surface area (TPSA) is 70.2 Å².